The molecule has 3 aromatic rings. The molecule has 0 aromatic heterocycles. The van der Waals surface area contributed by atoms with Crippen LogP contribution in [0.3, 0.4) is 0 Å². The topological polar surface area (TPSA) is 32.7 Å². The van der Waals surface area contributed by atoms with E-state index in [4.69, 9.17) is 4.74 Å². The van der Waals surface area contributed by atoms with E-state index < -0.39 is 0 Å². The van der Waals surface area contributed by atoms with Crippen molar-refractivity contribution in [1.29, 1.82) is 0 Å². The zero-order valence-corrected chi connectivity index (χ0v) is 15.4. The second kappa shape index (κ2) is 8.38. The van der Waals surface area contributed by atoms with Crippen molar-refractivity contribution >= 4 is 0 Å². The Bertz CT molecular complexity index is 833. The number of likely N-dealkylation sites (tertiary alicyclic amines) is 1. The molecule has 3 heteroatoms. The summed E-state index contributed by atoms with van der Waals surface area (Å²) in [7, 11) is 0. The van der Waals surface area contributed by atoms with Crippen LogP contribution in [0.2, 0.25) is 0 Å². The van der Waals surface area contributed by atoms with E-state index in [0.29, 0.717) is 0 Å². The summed E-state index contributed by atoms with van der Waals surface area (Å²) in [5.41, 5.74) is 2.54. The molecular weight excluding hydrogens is 334 g/mol. The molecule has 0 aliphatic carbocycles. The lowest BCUT2D eigenvalue weighted by atomic mass is 9.93. The highest BCUT2D eigenvalue weighted by Gasteiger charge is 2.28. The van der Waals surface area contributed by atoms with Crippen LogP contribution < -0.4 is 4.74 Å². The van der Waals surface area contributed by atoms with E-state index in [0.717, 1.165) is 37.4 Å². The summed E-state index contributed by atoms with van der Waals surface area (Å²) in [5.74, 6) is 1.67. The summed E-state index contributed by atoms with van der Waals surface area (Å²) in [4.78, 5) is 2.47. The van der Waals surface area contributed by atoms with Gasteiger partial charge in [-0.05, 0) is 48.2 Å². The van der Waals surface area contributed by atoms with E-state index in [1.54, 1.807) is 0 Å². The van der Waals surface area contributed by atoms with Crippen LogP contribution in [0.4, 0.5) is 0 Å². The van der Waals surface area contributed by atoms with Gasteiger partial charge in [-0.1, -0.05) is 60.7 Å². The van der Waals surface area contributed by atoms with Crippen molar-refractivity contribution in [2.45, 2.75) is 31.5 Å². The van der Waals surface area contributed by atoms with Crippen molar-refractivity contribution < 1.29 is 9.84 Å². The fourth-order valence-electron chi connectivity index (χ4n) is 3.73. The van der Waals surface area contributed by atoms with Crippen LogP contribution in [0.15, 0.2) is 84.9 Å². The highest BCUT2D eigenvalue weighted by molar-refractivity contribution is 5.34. The Labute approximate surface area is 160 Å². The second-order valence-electron chi connectivity index (χ2n) is 7.13. The highest BCUT2D eigenvalue weighted by Crippen LogP contribution is 2.33. The molecule has 0 radical (unpaired) electrons. The number of aliphatic hydroxyl groups excluding tert-OH is 1. The maximum atomic E-state index is 10.2. The number of para-hydroxylation sites is 1. The van der Waals surface area contributed by atoms with Gasteiger partial charge in [0.1, 0.15) is 11.5 Å². The molecule has 3 nitrogen and oxygen atoms in total. The summed E-state index contributed by atoms with van der Waals surface area (Å²) in [5, 5.41) is 10.2. The van der Waals surface area contributed by atoms with Crippen LogP contribution >= 0.6 is 0 Å². The molecule has 4 rings (SSSR count). The smallest absolute Gasteiger partial charge is 0.127 e. The van der Waals surface area contributed by atoms with Crippen molar-refractivity contribution in [1.82, 2.24) is 4.90 Å². The fourth-order valence-corrected chi connectivity index (χ4v) is 3.73. The molecule has 1 aliphatic rings. The predicted octanol–water partition coefficient (Wildman–Crippen LogP) is 5.18. The Morgan fingerprint density at radius 3 is 2.15 bits per heavy atom. The lowest BCUT2D eigenvalue weighted by molar-refractivity contribution is 0.0364. The summed E-state index contributed by atoms with van der Waals surface area (Å²) in [6.45, 7) is 1.81. The normalized spacial score (nSPS) is 20.3. The van der Waals surface area contributed by atoms with E-state index in [1.165, 1.54) is 11.1 Å². The summed E-state index contributed by atoms with van der Waals surface area (Å²) in [6.07, 6.45) is 1.37. The molecule has 27 heavy (non-hydrogen) atoms. The number of nitrogens with zero attached hydrogens (tertiary/aromatic N) is 1. The van der Waals surface area contributed by atoms with Crippen molar-refractivity contribution in [3.63, 3.8) is 0 Å². The number of piperidine rings is 1. The molecule has 1 fully saturated rings. The number of benzene rings is 3. The standard InChI is InChI=1S/C24H25NO2/c26-21-15-16-25(18-19-7-3-1-4-8-19)24(17-21)20-11-13-23(14-12-20)27-22-9-5-2-6-10-22/h1-14,21,24,26H,15-18H2. The molecule has 0 spiro atoms. The molecule has 0 saturated carbocycles. The SMILES string of the molecule is OC1CCN(Cc2ccccc2)C(c2ccc(Oc3ccccc3)cc2)C1. The highest BCUT2D eigenvalue weighted by atomic mass is 16.5. The lowest BCUT2D eigenvalue weighted by Crippen LogP contribution is -2.38. The van der Waals surface area contributed by atoms with E-state index in [2.05, 4.69) is 41.3 Å². The van der Waals surface area contributed by atoms with E-state index in [9.17, 15) is 5.11 Å². The van der Waals surface area contributed by atoms with Gasteiger partial charge in [-0.2, -0.15) is 0 Å². The minimum Gasteiger partial charge on any atom is -0.457 e. The predicted molar refractivity (Wildman–Crippen MR) is 108 cm³/mol. The molecule has 1 aliphatic heterocycles. The molecular formula is C24H25NO2. The monoisotopic (exact) mass is 359 g/mol. The summed E-state index contributed by atoms with van der Waals surface area (Å²) in [6, 6.07) is 28.9. The lowest BCUT2D eigenvalue weighted by Gasteiger charge is -2.38. The number of hydrogen-bond acceptors (Lipinski definition) is 3. The van der Waals surface area contributed by atoms with Crippen LogP contribution in [0, 0.1) is 0 Å². The van der Waals surface area contributed by atoms with Gasteiger partial charge in [-0.25, -0.2) is 0 Å². The third kappa shape index (κ3) is 4.57. The number of hydrogen-bond donors (Lipinski definition) is 1. The van der Waals surface area contributed by atoms with Crippen LogP contribution in [0.25, 0.3) is 0 Å². The maximum absolute atomic E-state index is 10.2. The summed E-state index contributed by atoms with van der Waals surface area (Å²) < 4.78 is 5.90. The van der Waals surface area contributed by atoms with Gasteiger partial charge in [0.05, 0.1) is 6.10 Å². The fraction of sp³-hybridized carbons (Fsp3) is 0.250. The molecule has 1 saturated heterocycles. The molecule has 0 bridgehead atoms. The summed E-state index contributed by atoms with van der Waals surface area (Å²) >= 11 is 0. The van der Waals surface area contributed by atoms with Gasteiger partial charge >= 0.3 is 0 Å². The van der Waals surface area contributed by atoms with E-state index in [-0.39, 0.29) is 12.1 Å². The largest absolute Gasteiger partial charge is 0.457 e. The molecule has 0 amide bonds. The maximum Gasteiger partial charge on any atom is 0.127 e. The third-order valence-corrected chi connectivity index (χ3v) is 5.16. The van der Waals surface area contributed by atoms with Crippen molar-refractivity contribution in [2.75, 3.05) is 6.54 Å². The number of ether oxygens (including phenoxy) is 1. The first-order chi connectivity index (χ1) is 13.3. The zero-order chi connectivity index (χ0) is 18.5. The van der Waals surface area contributed by atoms with Gasteiger partial charge in [-0.15, -0.1) is 0 Å². The van der Waals surface area contributed by atoms with E-state index >= 15 is 0 Å². The van der Waals surface area contributed by atoms with Crippen LogP contribution in [-0.2, 0) is 6.54 Å². The molecule has 1 N–H and O–H groups in total. The Morgan fingerprint density at radius 2 is 1.44 bits per heavy atom. The first-order valence-corrected chi connectivity index (χ1v) is 9.57. The molecule has 2 atom stereocenters. The van der Waals surface area contributed by atoms with Crippen molar-refractivity contribution in [2.24, 2.45) is 0 Å². The van der Waals surface area contributed by atoms with E-state index in [1.807, 2.05) is 48.5 Å². The minimum atomic E-state index is -0.234. The molecule has 3 aromatic carbocycles. The van der Waals surface area contributed by atoms with Gasteiger partial charge in [0, 0.05) is 19.1 Å². The quantitative estimate of drug-likeness (QED) is 0.681. The van der Waals surface area contributed by atoms with Crippen molar-refractivity contribution in [3.8, 4) is 11.5 Å². The Morgan fingerprint density at radius 1 is 0.815 bits per heavy atom. The van der Waals surface area contributed by atoms with Crippen LogP contribution in [0.5, 0.6) is 11.5 Å². The van der Waals surface area contributed by atoms with Crippen LogP contribution in [-0.4, -0.2) is 22.7 Å². The average Bonchev–Trinajstić information content (AvgIpc) is 2.72. The molecule has 1 heterocycles. The first kappa shape index (κ1) is 17.8. The number of rotatable bonds is 5. The molecule has 138 valence electrons. The van der Waals surface area contributed by atoms with Crippen molar-refractivity contribution in [3.05, 3.63) is 96.1 Å². The number of aliphatic hydroxyl groups is 1. The van der Waals surface area contributed by atoms with Gasteiger partial charge in [0.15, 0.2) is 0 Å². The van der Waals surface area contributed by atoms with Gasteiger partial charge in [0.2, 0.25) is 0 Å². The van der Waals surface area contributed by atoms with Crippen LogP contribution in [0.1, 0.15) is 30.0 Å². The Kier molecular flexibility index (Phi) is 5.52. The van der Waals surface area contributed by atoms with Gasteiger partial charge in [-0.3, -0.25) is 4.90 Å². The van der Waals surface area contributed by atoms with Gasteiger partial charge in [0.25, 0.3) is 0 Å². The molecule has 2 unspecified atom stereocenters. The third-order valence-electron chi connectivity index (χ3n) is 5.16. The Hall–Kier alpha value is -2.62. The first-order valence-electron chi connectivity index (χ1n) is 9.57. The Balaban J connectivity index is 1.50. The zero-order valence-electron chi connectivity index (χ0n) is 15.4. The van der Waals surface area contributed by atoms with Gasteiger partial charge < -0.3 is 9.84 Å². The second-order valence-corrected chi connectivity index (χ2v) is 7.13. The minimum absolute atomic E-state index is 0.222. The average molecular weight is 359 g/mol.